The first kappa shape index (κ1) is 14.6. The molecule has 1 fully saturated rings. The van der Waals surface area contributed by atoms with E-state index in [1.165, 1.54) is 0 Å². The Balaban J connectivity index is 1.84. The van der Waals surface area contributed by atoms with Gasteiger partial charge in [0.1, 0.15) is 0 Å². The van der Waals surface area contributed by atoms with E-state index in [9.17, 15) is 9.90 Å². The number of carbonyl (C=O) groups excluding carboxylic acids is 1. The van der Waals surface area contributed by atoms with Crippen molar-refractivity contribution in [3.05, 3.63) is 29.8 Å². The van der Waals surface area contributed by atoms with Crippen molar-refractivity contribution in [2.45, 2.75) is 51.6 Å². The van der Waals surface area contributed by atoms with E-state index < -0.39 is 6.10 Å². The molecule has 21 heavy (non-hydrogen) atoms. The van der Waals surface area contributed by atoms with E-state index in [1.807, 2.05) is 29.2 Å². The van der Waals surface area contributed by atoms with Crippen LogP contribution in [0.2, 0.25) is 0 Å². The third-order valence-corrected chi connectivity index (χ3v) is 5.08. The first-order valence-corrected chi connectivity index (χ1v) is 8.25. The summed E-state index contributed by atoms with van der Waals surface area (Å²) >= 11 is 0. The van der Waals surface area contributed by atoms with Crippen molar-refractivity contribution in [1.82, 2.24) is 0 Å². The van der Waals surface area contributed by atoms with Crippen molar-refractivity contribution in [2.75, 3.05) is 11.4 Å². The number of fused-ring (bicyclic) bond motifs is 1. The molecule has 0 aromatic heterocycles. The smallest absolute Gasteiger partial charge is 0.230 e. The van der Waals surface area contributed by atoms with E-state index in [-0.39, 0.29) is 11.8 Å². The molecule has 3 rings (SSSR count). The van der Waals surface area contributed by atoms with Gasteiger partial charge < -0.3 is 10.0 Å². The van der Waals surface area contributed by atoms with Crippen LogP contribution in [0.4, 0.5) is 5.69 Å². The number of rotatable bonds is 1. The Morgan fingerprint density at radius 1 is 1.14 bits per heavy atom. The molecule has 1 heterocycles. The van der Waals surface area contributed by atoms with E-state index in [4.69, 9.17) is 0 Å². The van der Waals surface area contributed by atoms with Gasteiger partial charge in [-0.3, -0.25) is 4.79 Å². The fraction of sp³-hybridized carbons (Fsp3) is 0.611. The molecule has 0 saturated heterocycles. The van der Waals surface area contributed by atoms with Crippen LogP contribution in [0.5, 0.6) is 0 Å². The number of nitrogens with zero attached hydrogens (tertiary/aromatic N) is 1. The van der Waals surface area contributed by atoms with E-state index >= 15 is 0 Å². The normalized spacial score (nSPS) is 29.6. The average Bonchev–Trinajstić information content (AvgIpc) is 2.67. The van der Waals surface area contributed by atoms with Crippen LogP contribution in [-0.4, -0.2) is 17.6 Å². The van der Waals surface area contributed by atoms with Gasteiger partial charge in [-0.2, -0.15) is 0 Å². The lowest BCUT2D eigenvalue weighted by Crippen LogP contribution is -2.38. The Morgan fingerprint density at radius 3 is 2.62 bits per heavy atom. The zero-order chi connectivity index (χ0) is 14.8. The molecule has 3 heteroatoms. The molecule has 0 spiro atoms. The standard InChI is InChI=1S/C18H25NO2/c1-13-8-10-14(11-9-13)18(21)19-12-4-7-17(20)15-5-2-3-6-16(15)19/h2-3,5-6,13-14,17,20H,4,7-12H2,1H3. The molecule has 0 radical (unpaired) electrons. The van der Waals surface area contributed by atoms with Crippen molar-refractivity contribution in [3.8, 4) is 0 Å². The Labute approximate surface area is 127 Å². The van der Waals surface area contributed by atoms with Gasteiger partial charge in [0.25, 0.3) is 0 Å². The summed E-state index contributed by atoms with van der Waals surface area (Å²) in [6.07, 6.45) is 5.52. The second kappa shape index (κ2) is 6.18. The van der Waals surface area contributed by atoms with Gasteiger partial charge in [-0.05, 0) is 50.5 Å². The van der Waals surface area contributed by atoms with Crippen LogP contribution >= 0.6 is 0 Å². The predicted octanol–water partition coefficient (Wildman–Crippen LogP) is 3.67. The maximum absolute atomic E-state index is 12.9. The molecule has 1 aliphatic carbocycles. The minimum absolute atomic E-state index is 0.171. The molecule has 1 atom stereocenters. The van der Waals surface area contributed by atoms with Crippen molar-refractivity contribution < 1.29 is 9.90 Å². The van der Waals surface area contributed by atoms with Gasteiger partial charge in [0, 0.05) is 23.7 Å². The second-order valence-corrected chi connectivity index (χ2v) is 6.66. The largest absolute Gasteiger partial charge is 0.388 e. The molecule has 2 aliphatic rings. The minimum atomic E-state index is -0.439. The highest BCUT2D eigenvalue weighted by molar-refractivity contribution is 5.96. The number of aliphatic hydroxyl groups is 1. The fourth-order valence-electron chi connectivity index (χ4n) is 3.69. The van der Waals surface area contributed by atoms with Crippen molar-refractivity contribution in [2.24, 2.45) is 11.8 Å². The van der Waals surface area contributed by atoms with Crippen LogP contribution in [0.25, 0.3) is 0 Å². The molecule has 114 valence electrons. The number of aliphatic hydroxyl groups excluding tert-OH is 1. The fourth-order valence-corrected chi connectivity index (χ4v) is 3.69. The molecular formula is C18H25NO2. The summed E-state index contributed by atoms with van der Waals surface area (Å²) in [4.78, 5) is 14.9. The van der Waals surface area contributed by atoms with Crippen LogP contribution in [0.1, 0.15) is 57.1 Å². The number of para-hydroxylation sites is 1. The van der Waals surface area contributed by atoms with Crippen LogP contribution in [0.15, 0.2) is 24.3 Å². The summed E-state index contributed by atoms with van der Waals surface area (Å²) in [5, 5.41) is 10.2. The SMILES string of the molecule is CC1CCC(C(=O)N2CCCC(O)c3ccccc32)CC1. The first-order chi connectivity index (χ1) is 10.2. The van der Waals surface area contributed by atoms with Crippen LogP contribution < -0.4 is 4.90 Å². The lowest BCUT2D eigenvalue weighted by molar-refractivity contribution is -0.123. The number of hydrogen-bond donors (Lipinski definition) is 1. The quantitative estimate of drug-likeness (QED) is 0.856. The summed E-state index contributed by atoms with van der Waals surface area (Å²) in [7, 11) is 0. The molecule has 0 bridgehead atoms. The highest BCUT2D eigenvalue weighted by Gasteiger charge is 2.31. The Hall–Kier alpha value is -1.35. The van der Waals surface area contributed by atoms with E-state index in [1.54, 1.807) is 0 Å². The number of hydrogen-bond acceptors (Lipinski definition) is 2. The predicted molar refractivity (Wildman–Crippen MR) is 84.1 cm³/mol. The second-order valence-electron chi connectivity index (χ2n) is 6.66. The van der Waals surface area contributed by atoms with Crippen LogP contribution in [0, 0.1) is 11.8 Å². The maximum Gasteiger partial charge on any atom is 0.230 e. The Bertz CT molecular complexity index is 506. The lowest BCUT2D eigenvalue weighted by Gasteiger charge is -2.31. The van der Waals surface area contributed by atoms with Crippen molar-refractivity contribution >= 4 is 11.6 Å². The average molecular weight is 287 g/mol. The summed E-state index contributed by atoms with van der Waals surface area (Å²) in [5.74, 6) is 1.19. The van der Waals surface area contributed by atoms with Crippen LogP contribution in [-0.2, 0) is 4.79 Å². The summed E-state index contributed by atoms with van der Waals surface area (Å²) in [5.41, 5.74) is 1.83. The minimum Gasteiger partial charge on any atom is -0.388 e. The van der Waals surface area contributed by atoms with Gasteiger partial charge in [0.2, 0.25) is 5.91 Å². The van der Waals surface area contributed by atoms with E-state index in [2.05, 4.69) is 6.92 Å². The zero-order valence-electron chi connectivity index (χ0n) is 12.8. The highest BCUT2D eigenvalue weighted by Crippen LogP contribution is 2.36. The third-order valence-electron chi connectivity index (χ3n) is 5.08. The van der Waals surface area contributed by atoms with Gasteiger partial charge in [-0.15, -0.1) is 0 Å². The topological polar surface area (TPSA) is 40.5 Å². The van der Waals surface area contributed by atoms with E-state index in [0.717, 1.165) is 62.2 Å². The summed E-state index contributed by atoms with van der Waals surface area (Å²) < 4.78 is 0. The highest BCUT2D eigenvalue weighted by atomic mass is 16.3. The van der Waals surface area contributed by atoms with E-state index in [0.29, 0.717) is 0 Å². The van der Waals surface area contributed by atoms with Crippen LogP contribution in [0.3, 0.4) is 0 Å². The van der Waals surface area contributed by atoms with Crippen molar-refractivity contribution in [3.63, 3.8) is 0 Å². The third kappa shape index (κ3) is 2.98. The molecule has 3 nitrogen and oxygen atoms in total. The number of benzene rings is 1. The number of carbonyl (C=O) groups is 1. The Kier molecular flexibility index (Phi) is 4.29. The van der Waals surface area contributed by atoms with Gasteiger partial charge in [0.15, 0.2) is 0 Å². The van der Waals surface area contributed by atoms with Gasteiger partial charge in [0.05, 0.1) is 6.10 Å². The molecule has 1 amide bonds. The molecule has 1 unspecified atom stereocenters. The first-order valence-electron chi connectivity index (χ1n) is 8.25. The Morgan fingerprint density at radius 2 is 1.86 bits per heavy atom. The monoisotopic (exact) mass is 287 g/mol. The number of amides is 1. The summed E-state index contributed by atoms with van der Waals surface area (Å²) in [6, 6.07) is 7.83. The number of anilines is 1. The molecule has 1 aromatic carbocycles. The van der Waals surface area contributed by atoms with Gasteiger partial charge in [-0.1, -0.05) is 25.1 Å². The molecule has 1 aliphatic heterocycles. The molecule has 1 aromatic rings. The lowest BCUT2D eigenvalue weighted by atomic mass is 9.82. The summed E-state index contributed by atoms with van der Waals surface area (Å²) in [6.45, 7) is 3.01. The van der Waals surface area contributed by atoms with Gasteiger partial charge in [-0.25, -0.2) is 0 Å². The zero-order valence-corrected chi connectivity index (χ0v) is 12.8. The molecule has 1 saturated carbocycles. The molecule has 1 N–H and O–H groups in total. The maximum atomic E-state index is 12.9. The molecular weight excluding hydrogens is 262 g/mol. The van der Waals surface area contributed by atoms with Crippen molar-refractivity contribution in [1.29, 1.82) is 0 Å². The van der Waals surface area contributed by atoms with Gasteiger partial charge >= 0.3 is 0 Å².